The van der Waals surface area contributed by atoms with Gasteiger partial charge in [0.15, 0.2) is 5.69 Å². The normalized spacial score (nSPS) is 10.5. The lowest BCUT2D eigenvalue weighted by Gasteiger charge is -2.06. The minimum Gasteiger partial charge on any atom is -0.461 e. The van der Waals surface area contributed by atoms with Crippen molar-refractivity contribution < 1.29 is 9.53 Å². The van der Waals surface area contributed by atoms with Crippen molar-refractivity contribution in [3.05, 3.63) is 35.2 Å². The second kappa shape index (κ2) is 4.49. The number of benzene rings is 1. The summed E-state index contributed by atoms with van der Waals surface area (Å²) in [5, 5.41) is 0. The summed E-state index contributed by atoms with van der Waals surface area (Å²) >= 11 is 0. The van der Waals surface area contributed by atoms with Crippen LogP contribution in [0.15, 0.2) is 18.2 Å². The minimum atomic E-state index is -0.417. The van der Waals surface area contributed by atoms with E-state index in [2.05, 4.69) is 9.97 Å². The summed E-state index contributed by atoms with van der Waals surface area (Å²) in [6.07, 6.45) is 0. The van der Waals surface area contributed by atoms with Gasteiger partial charge in [-0.1, -0.05) is 6.07 Å². The van der Waals surface area contributed by atoms with Gasteiger partial charge in [-0.15, -0.1) is 0 Å². The summed E-state index contributed by atoms with van der Waals surface area (Å²) in [7, 11) is 0. The predicted octanol–water partition coefficient (Wildman–Crippen LogP) is 2.42. The van der Waals surface area contributed by atoms with E-state index in [0.29, 0.717) is 23.5 Å². The Hall–Kier alpha value is -1.97. The van der Waals surface area contributed by atoms with E-state index in [1.165, 1.54) is 0 Å². The zero-order valence-electron chi connectivity index (χ0n) is 10.2. The summed E-state index contributed by atoms with van der Waals surface area (Å²) in [5.41, 5.74) is 3.53. The third-order valence-corrected chi connectivity index (χ3v) is 2.46. The van der Waals surface area contributed by atoms with Crippen LogP contribution in [0.5, 0.6) is 0 Å². The molecule has 0 saturated heterocycles. The van der Waals surface area contributed by atoms with Crippen LogP contribution >= 0.6 is 0 Å². The van der Waals surface area contributed by atoms with Crippen molar-refractivity contribution in [1.29, 1.82) is 0 Å². The molecule has 0 fully saturated rings. The maximum atomic E-state index is 11.7. The van der Waals surface area contributed by atoms with Gasteiger partial charge in [-0.3, -0.25) is 0 Å². The molecule has 0 amide bonds. The number of rotatable bonds is 2. The largest absolute Gasteiger partial charge is 0.461 e. The third-order valence-electron chi connectivity index (χ3n) is 2.46. The SMILES string of the molecule is CCOC(=O)c1nc2ccc(C)cc2nc1C. The molecule has 2 aromatic rings. The van der Waals surface area contributed by atoms with Crippen LogP contribution in [0.25, 0.3) is 11.0 Å². The van der Waals surface area contributed by atoms with Crippen molar-refractivity contribution in [2.45, 2.75) is 20.8 Å². The smallest absolute Gasteiger partial charge is 0.358 e. The molecule has 1 aromatic heterocycles. The fraction of sp³-hybridized carbons (Fsp3) is 0.308. The van der Waals surface area contributed by atoms with E-state index in [1.807, 2.05) is 25.1 Å². The van der Waals surface area contributed by atoms with Gasteiger partial charge in [0, 0.05) is 0 Å². The standard InChI is InChI=1S/C13H14N2O2/c1-4-17-13(16)12-9(3)14-11-7-8(2)5-6-10(11)15-12/h5-7H,4H2,1-3H3. The van der Waals surface area contributed by atoms with Crippen LogP contribution in [-0.4, -0.2) is 22.5 Å². The van der Waals surface area contributed by atoms with Crippen LogP contribution in [-0.2, 0) is 4.74 Å². The first kappa shape index (κ1) is 11.5. The van der Waals surface area contributed by atoms with E-state index in [1.54, 1.807) is 13.8 Å². The number of nitrogens with zero attached hydrogens (tertiary/aromatic N) is 2. The average molecular weight is 230 g/mol. The molecule has 0 aliphatic carbocycles. The number of esters is 1. The summed E-state index contributed by atoms with van der Waals surface area (Å²) < 4.78 is 4.94. The van der Waals surface area contributed by atoms with E-state index in [9.17, 15) is 4.79 Å². The topological polar surface area (TPSA) is 52.1 Å². The lowest BCUT2D eigenvalue weighted by atomic mass is 10.2. The molecule has 2 rings (SSSR count). The van der Waals surface area contributed by atoms with Crippen molar-refractivity contribution in [2.24, 2.45) is 0 Å². The monoisotopic (exact) mass is 230 g/mol. The molecular weight excluding hydrogens is 216 g/mol. The Labute approximate surface area is 99.7 Å². The van der Waals surface area contributed by atoms with Crippen LogP contribution in [0.4, 0.5) is 0 Å². The van der Waals surface area contributed by atoms with Crippen molar-refractivity contribution in [2.75, 3.05) is 6.61 Å². The van der Waals surface area contributed by atoms with Crippen LogP contribution in [0.3, 0.4) is 0 Å². The van der Waals surface area contributed by atoms with Gasteiger partial charge >= 0.3 is 5.97 Å². The van der Waals surface area contributed by atoms with E-state index in [4.69, 9.17) is 4.74 Å². The molecule has 17 heavy (non-hydrogen) atoms. The summed E-state index contributed by atoms with van der Waals surface area (Å²) in [4.78, 5) is 20.3. The minimum absolute atomic E-state index is 0.295. The molecule has 88 valence electrons. The summed E-state index contributed by atoms with van der Waals surface area (Å²) in [6.45, 7) is 5.87. The Morgan fingerprint density at radius 2 is 2.00 bits per heavy atom. The first-order valence-electron chi connectivity index (χ1n) is 5.54. The Morgan fingerprint density at radius 3 is 2.71 bits per heavy atom. The zero-order valence-corrected chi connectivity index (χ0v) is 10.2. The highest BCUT2D eigenvalue weighted by Crippen LogP contribution is 2.15. The van der Waals surface area contributed by atoms with Crippen LogP contribution in [0.1, 0.15) is 28.7 Å². The number of fused-ring (bicyclic) bond motifs is 1. The van der Waals surface area contributed by atoms with Crippen molar-refractivity contribution in [3.8, 4) is 0 Å². The first-order chi connectivity index (χ1) is 8.11. The predicted molar refractivity (Wildman–Crippen MR) is 65.0 cm³/mol. The van der Waals surface area contributed by atoms with Crippen molar-refractivity contribution >= 4 is 17.0 Å². The summed E-state index contributed by atoms with van der Waals surface area (Å²) in [6, 6.07) is 5.76. The average Bonchev–Trinajstić information content (AvgIpc) is 2.28. The van der Waals surface area contributed by atoms with Gasteiger partial charge in [0.1, 0.15) is 0 Å². The molecule has 0 atom stereocenters. The maximum absolute atomic E-state index is 11.7. The number of hydrogen-bond donors (Lipinski definition) is 0. The van der Waals surface area contributed by atoms with Crippen LogP contribution < -0.4 is 0 Å². The molecule has 0 spiro atoms. The summed E-state index contributed by atoms with van der Waals surface area (Å²) in [5.74, 6) is -0.417. The molecule has 0 bridgehead atoms. The Balaban J connectivity index is 2.55. The number of carbonyl (C=O) groups is 1. The lowest BCUT2D eigenvalue weighted by molar-refractivity contribution is 0.0518. The molecule has 0 saturated carbocycles. The number of hydrogen-bond acceptors (Lipinski definition) is 4. The van der Waals surface area contributed by atoms with Crippen molar-refractivity contribution in [3.63, 3.8) is 0 Å². The number of aromatic nitrogens is 2. The zero-order chi connectivity index (χ0) is 12.4. The number of carbonyl (C=O) groups excluding carboxylic acids is 1. The Kier molecular flexibility index (Phi) is 3.04. The fourth-order valence-electron chi connectivity index (χ4n) is 1.65. The molecule has 0 radical (unpaired) electrons. The van der Waals surface area contributed by atoms with Gasteiger partial charge in [-0.05, 0) is 38.5 Å². The highest BCUT2D eigenvalue weighted by molar-refractivity contribution is 5.91. The van der Waals surface area contributed by atoms with Crippen LogP contribution in [0, 0.1) is 13.8 Å². The molecule has 0 N–H and O–H groups in total. The van der Waals surface area contributed by atoms with Gasteiger partial charge in [-0.25, -0.2) is 14.8 Å². The van der Waals surface area contributed by atoms with Crippen molar-refractivity contribution in [1.82, 2.24) is 9.97 Å². The Morgan fingerprint density at radius 1 is 1.24 bits per heavy atom. The molecule has 0 aliphatic heterocycles. The number of aryl methyl sites for hydroxylation is 2. The quantitative estimate of drug-likeness (QED) is 0.743. The number of ether oxygens (including phenoxy) is 1. The highest BCUT2D eigenvalue weighted by atomic mass is 16.5. The van der Waals surface area contributed by atoms with E-state index in [-0.39, 0.29) is 0 Å². The van der Waals surface area contributed by atoms with Gasteiger partial charge in [0.25, 0.3) is 0 Å². The van der Waals surface area contributed by atoms with Gasteiger partial charge in [-0.2, -0.15) is 0 Å². The van der Waals surface area contributed by atoms with Gasteiger partial charge in [0.2, 0.25) is 0 Å². The van der Waals surface area contributed by atoms with E-state index in [0.717, 1.165) is 11.1 Å². The van der Waals surface area contributed by atoms with Crippen LogP contribution in [0.2, 0.25) is 0 Å². The second-order valence-electron chi connectivity index (χ2n) is 3.87. The van der Waals surface area contributed by atoms with E-state index >= 15 is 0 Å². The fourth-order valence-corrected chi connectivity index (χ4v) is 1.65. The molecule has 1 aromatic carbocycles. The van der Waals surface area contributed by atoms with Gasteiger partial charge < -0.3 is 4.74 Å². The third kappa shape index (κ3) is 2.25. The lowest BCUT2D eigenvalue weighted by Crippen LogP contribution is -2.10. The molecule has 4 nitrogen and oxygen atoms in total. The first-order valence-corrected chi connectivity index (χ1v) is 5.54. The molecule has 0 aliphatic rings. The second-order valence-corrected chi connectivity index (χ2v) is 3.87. The highest BCUT2D eigenvalue weighted by Gasteiger charge is 2.14. The molecule has 0 unspecified atom stereocenters. The molecule has 1 heterocycles. The molecule has 4 heteroatoms. The van der Waals surface area contributed by atoms with Gasteiger partial charge in [0.05, 0.1) is 23.3 Å². The molecular formula is C13H14N2O2. The maximum Gasteiger partial charge on any atom is 0.358 e. The van der Waals surface area contributed by atoms with E-state index < -0.39 is 5.97 Å². The Bertz CT molecular complexity index is 579.